The van der Waals surface area contributed by atoms with Gasteiger partial charge in [0.2, 0.25) is 5.91 Å². The third kappa shape index (κ3) is 8.20. The van der Waals surface area contributed by atoms with Gasteiger partial charge in [-0.25, -0.2) is 0 Å². The van der Waals surface area contributed by atoms with Gasteiger partial charge in [-0.05, 0) is 60.2 Å². The summed E-state index contributed by atoms with van der Waals surface area (Å²) in [6.45, 7) is 0. The number of rotatable bonds is 11. The van der Waals surface area contributed by atoms with Crippen LogP contribution in [0.25, 0.3) is 11.1 Å². The molecular weight excluding hydrogens is 432 g/mol. The lowest BCUT2D eigenvalue weighted by Gasteiger charge is -2.15. The highest BCUT2D eigenvalue weighted by Crippen LogP contribution is 2.36. The highest BCUT2D eigenvalue weighted by Gasteiger charge is 2.32. The SMILES string of the molecule is [NH]C(=O)CCCCCCCCCc1ccc(C(F)(F)F)cc1-c1ccc(C(F)(F)F)cc1. The number of alkyl halides is 6. The van der Waals surface area contributed by atoms with Crippen molar-refractivity contribution in [1.29, 1.82) is 0 Å². The summed E-state index contributed by atoms with van der Waals surface area (Å²) in [5.74, 6) is -0.551. The number of benzene rings is 2. The van der Waals surface area contributed by atoms with Crippen molar-refractivity contribution in [3.63, 3.8) is 0 Å². The fourth-order valence-corrected chi connectivity index (χ4v) is 3.56. The minimum Gasteiger partial charge on any atom is -0.273 e. The third-order valence-electron chi connectivity index (χ3n) is 5.31. The van der Waals surface area contributed by atoms with Gasteiger partial charge in [-0.2, -0.15) is 26.3 Å². The number of carbonyl (C=O) groups is 1. The lowest BCUT2D eigenvalue weighted by atomic mass is 9.93. The first-order chi connectivity index (χ1) is 15.0. The molecule has 2 nitrogen and oxygen atoms in total. The van der Waals surface area contributed by atoms with Crippen molar-refractivity contribution in [3.8, 4) is 11.1 Å². The van der Waals surface area contributed by atoms with Gasteiger partial charge in [-0.3, -0.25) is 10.5 Å². The van der Waals surface area contributed by atoms with Gasteiger partial charge in [0.05, 0.1) is 11.1 Å². The Balaban J connectivity index is 2.02. The maximum atomic E-state index is 13.2. The monoisotopic (exact) mass is 458 g/mol. The maximum Gasteiger partial charge on any atom is 0.416 e. The molecule has 0 saturated heterocycles. The second-order valence-electron chi connectivity index (χ2n) is 7.84. The van der Waals surface area contributed by atoms with Gasteiger partial charge < -0.3 is 0 Å². The molecular formula is C24H26F6NO. The van der Waals surface area contributed by atoms with Gasteiger partial charge in [0, 0.05) is 6.42 Å². The molecule has 1 N–H and O–H groups in total. The van der Waals surface area contributed by atoms with Gasteiger partial charge in [-0.1, -0.05) is 50.3 Å². The number of amides is 1. The van der Waals surface area contributed by atoms with E-state index in [2.05, 4.69) is 0 Å². The summed E-state index contributed by atoms with van der Waals surface area (Å²) in [6.07, 6.45) is -2.11. The summed E-state index contributed by atoms with van der Waals surface area (Å²) in [5, 5.41) is 0. The molecule has 0 aliphatic heterocycles. The summed E-state index contributed by atoms with van der Waals surface area (Å²) in [7, 11) is 0. The Hall–Kier alpha value is -2.51. The smallest absolute Gasteiger partial charge is 0.273 e. The highest BCUT2D eigenvalue weighted by molar-refractivity contribution is 5.72. The number of halogens is 6. The van der Waals surface area contributed by atoms with Crippen LogP contribution >= 0.6 is 0 Å². The molecule has 0 spiro atoms. The van der Waals surface area contributed by atoms with Gasteiger partial charge >= 0.3 is 12.4 Å². The lowest BCUT2D eigenvalue weighted by Crippen LogP contribution is -2.06. The van der Waals surface area contributed by atoms with Crippen LogP contribution in [-0.2, 0) is 23.6 Å². The van der Waals surface area contributed by atoms with Crippen molar-refractivity contribution in [2.45, 2.75) is 70.1 Å². The predicted molar refractivity (Wildman–Crippen MR) is 111 cm³/mol. The van der Waals surface area contributed by atoms with E-state index in [1.165, 1.54) is 18.2 Å². The Kier molecular flexibility index (Phi) is 9.16. The average Bonchev–Trinajstić information content (AvgIpc) is 2.71. The Labute approximate surface area is 183 Å². The Morgan fingerprint density at radius 2 is 1.19 bits per heavy atom. The van der Waals surface area contributed by atoms with Crippen LogP contribution in [-0.4, -0.2) is 5.91 Å². The van der Waals surface area contributed by atoms with Crippen LogP contribution in [0.1, 0.15) is 68.1 Å². The second-order valence-corrected chi connectivity index (χ2v) is 7.84. The molecule has 1 amide bonds. The second kappa shape index (κ2) is 11.4. The molecule has 0 aliphatic carbocycles. The number of carbonyl (C=O) groups excluding carboxylic acids is 1. The maximum absolute atomic E-state index is 13.2. The first-order valence-electron chi connectivity index (χ1n) is 10.6. The van der Waals surface area contributed by atoms with Crippen molar-refractivity contribution in [2.75, 3.05) is 0 Å². The van der Waals surface area contributed by atoms with Crippen LogP contribution in [0, 0.1) is 0 Å². The minimum absolute atomic E-state index is 0.278. The van der Waals surface area contributed by atoms with Crippen LogP contribution in [0.5, 0.6) is 0 Å². The summed E-state index contributed by atoms with van der Waals surface area (Å²) < 4.78 is 78.0. The number of unbranched alkanes of at least 4 members (excludes halogenated alkanes) is 6. The number of hydrogen-bond donors (Lipinski definition) is 0. The molecule has 2 aromatic rings. The van der Waals surface area contributed by atoms with E-state index in [1.807, 2.05) is 0 Å². The van der Waals surface area contributed by atoms with E-state index in [-0.39, 0.29) is 6.42 Å². The average molecular weight is 458 g/mol. The normalized spacial score (nSPS) is 12.2. The summed E-state index contributed by atoms with van der Waals surface area (Å²) in [4.78, 5) is 10.6. The van der Waals surface area contributed by atoms with E-state index in [4.69, 9.17) is 5.73 Å². The Bertz CT molecular complexity index is 872. The van der Waals surface area contributed by atoms with Gasteiger partial charge in [-0.15, -0.1) is 0 Å². The summed E-state index contributed by atoms with van der Waals surface area (Å²) >= 11 is 0. The molecule has 0 atom stereocenters. The van der Waals surface area contributed by atoms with Crippen molar-refractivity contribution in [2.24, 2.45) is 0 Å². The van der Waals surface area contributed by atoms with Crippen LogP contribution in [0.3, 0.4) is 0 Å². The Morgan fingerprint density at radius 3 is 1.72 bits per heavy atom. The molecule has 1 radical (unpaired) electrons. The minimum atomic E-state index is -4.54. The molecule has 0 bridgehead atoms. The Morgan fingerprint density at radius 1 is 0.688 bits per heavy atom. The number of nitrogens with one attached hydrogen (secondary N) is 1. The molecule has 0 aromatic heterocycles. The van der Waals surface area contributed by atoms with Gasteiger partial charge in [0.15, 0.2) is 0 Å². The zero-order valence-electron chi connectivity index (χ0n) is 17.6. The van der Waals surface area contributed by atoms with Crippen molar-refractivity contribution < 1.29 is 31.1 Å². The molecule has 2 aromatic carbocycles. The van der Waals surface area contributed by atoms with E-state index >= 15 is 0 Å². The molecule has 0 saturated carbocycles. The van der Waals surface area contributed by atoms with E-state index in [1.54, 1.807) is 0 Å². The molecule has 0 unspecified atom stereocenters. The van der Waals surface area contributed by atoms with Crippen molar-refractivity contribution in [3.05, 3.63) is 59.2 Å². The van der Waals surface area contributed by atoms with Crippen LogP contribution in [0.2, 0.25) is 0 Å². The van der Waals surface area contributed by atoms with E-state index in [9.17, 15) is 31.1 Å². The molecule has 2 rings (SSSR count). The van der Waals surface area contributed by atoms with Crippen LogP contribution < -0.4 is 5.73 Å². The quantitative estimate of drug-likeness (QED) is 0.250. The molecule has 8 heteroatoms. The highest BCUT2D eigenvalue weighted by atomic mass is 19.4. The molecule has 0 aliphatic rings. The standard InChI is InChI=1S/C24H26F6NO/c25-23(26,27)19-13-10-18(11-14-19)21-16-20(24(28,29)30)15-12-17(21)8-6-4-2-1-3-5-7-9-22(31)32/h10-16,31H,1-9H2. The fourth-order valence-electron chi connectivity index (χ4n) is 3.56. The van der Waals surface area contributed by atoms with Gasteiger partial charge in [0.25, 0.3) is 0 Å². The summed E-state index contributed by atoms with van der Waals surface area (Å²) in [5.41, 5.74) is 6.46. The first kappa shape index (κ1) is 25.7. The molecule has 175 valence electrons. The molecule has 0 fully saturated rings. The van der Waals surface area contributed by atoms with Crippen LogP contribution in [0.4, 0.5) is 26.3 Å². The predicted octanol–water partition coefficient (Wildman–Crippen LogP) is 7.86. The zero-order chi connectivity index (χ0) is 23.8. The van der Waals surface area contributed by atoms with E-state index in [0.29, 0.717) is 29.5 Å². The molecule has 0 heterocycles. The first-order valence-corrected chi connectivity index (χ1v) is 10.6. The third-order valence-corrected chi connectivity index (χ3v) is 5.31. The number of aryl methyl sites for hydroxylation is 1. The van der Waals surface area contributed by atoms with E-state index < -0.39 is 29.4 Å². The van der Waals surface area contributed by atoms with Crippen molar-refractivity contribution in [1.82, 2.24) is 5.73 Å². The lowest BCUT2D eigenvalue weighted by molar-refractivity contribution is -0.138. The largest absolute Gasteiger partial charge is 0.416 e. The molecule has 32 heavy (non-hydrogen) atoms. The van der Waals surface area contributed by atoms with Crippen LogP contribution in [0.15, 0.2) is 42.5 Å². The van der Waals surface area contributed by atoms with Crippen molar-refractivity contribution >= 4 is 5.91 Å². The topological polar surface area (TPSA) is 40.9 Å². The number of hydrogen-bond acceptors (Lipinski definition) is 1. The van der Waals surface area contributed by atoms with Gasteiger partial charge in [0.1, 0.15) is 0 Å². The fraction of sp³-hybridized carbons (Fsp3) is 0.458. The van der Waals surface area contributed by atoms with E-state index in [0.717, 1.165) is 62.8 Å². The summed E-state index contributed by atoms with van der Waals surface area (Å²) in [6, 6.07) is 7.61. The zero-order valence-corrected chi connectivity index (χ0v) is 17.6.